The molecule has 0 saturated heterocycles. The second-order valence-electron chi connectivity index (χ2n) is 4.21. The van der Waals surface area contributed by atoms with E-state index in [0.717, 1.165) is 16.9 Å². The van der Waals surface area contributed by atoms with Gasteiger partial charge in [-0.2, -0.15) is 0 Å². The Labute approximate surface area is 122 Å². The summed E-state index contributed by atoms with van der Waals surface area (Å²) in [4.78, 5) is 14.4. The summed E-state index contributed by atoms with van der Waals surface area (Å²) in [6.07, 6.45) is 1.03. The maximum Gasteiger partial charge on any atom is 0.242 e. The van der Waals surface area contributed by atoms with Crippen LogP contribution in [0.15, 0.2) is 42.5 Å². The van der Waals surface area contributed by atoms with E-state index in [4.69, 9.17) is 11.6 Å². The Balaban J connectivity index is 1.91. The fraction of sp³-hybridized carbons (Fsp3) is 0.267. The molecular formula is C15H16ClNOS. The molecule has 1 N–H and O–H groups in total. The number of carbonyl (C=O) groups excluding carboxylic acids is 1. The molecule has 0 aliphatic heterocycles. The third-order valence-electron chi connectivity index (χ3n) is 2.83. The fourth-order valence-electron chi connectivity index (χ4n) is 1.74. The third-order valence-corrected chi connectivity index (χ3v) is 4.50. The van der Waals surface area contributed by atoms with Crippen LogP contribution in [0.2, 0.25) is 0 Å². The van der Waals surface area contributed by atoms with Crippen LogP contribution < -0.4 is 5.32 Å². The SMILES string of the molecule is CCc1ccc(CNC(=O)C(Cl)c2ccccc2)s1. The lowest BCUT2D eigenvalue weighted by Gasteiger charge is -2.10. The van der Waals surface area contributed by atoms with E-state index in [-0.39, 0.29) is 5.91 Å². The highest BCUT2D eigenvalue weighted by Crippen LogP contribution is 2.21. The number of carbonyl (C=O) groups is 1. The molecule has 0 spiro atoms. The molecule has 100 valence electrons. The first-order valence-corrected chi connectivity index (χ1v) is 7.50. The Morgan fingerprint density at radius 3 is 2.53 bits per heavy atom. The molecule has 0 fully saturated rings. The summed E-state index contributed by atoms with van der Waals surface area (Å²) in [5, 5.41) is 2.24. The van der Waals surface area contributed by atoms with Crippen molar-refractivity contribution in [3.8, 4) is 0 Å². The molecule has 0 aliphatic carbocycles. The molecule has 0 aliphatic rings. The van der Waals surface area contributed by atoms with Crippen LogP contribution in [0.1, 0.15) is 27.6 Å². The number of thiophene rings is 1. The van der Waals surface area contributed by atoms with E-state index in [1.54, 1.807) is 11.3 Å². The quantitative estimate of drug-likeness (QED) is 0.832. The number of halogens is 1. The summed E-state index contributed by atoms with van der Waals surface area (Å²) < 4.78 is 0. The molecule has 0 saturated carbocycles. The molecule has 19 heavy (non-hydrogen) atoms. The van der Waals surface area contributed by atoms with Crippen molar-refractivity contribution >= 4 is 28.8 Å². The number of rotatable bonds is 5. The van der Waals surface area contributed by atoms with E-state index in [2.05, 4.69) is 24.4 Å². The normalized spacial score (nSPS) is 12.1. The van der Waals surface area contributed by atoms with Gasteiger partial charge in [0.05, 0.1) is 6.54 Å². The van der Waals surface area contributed by atoms with Crippen LogP contribution in [0.3, 0.4) is 0 Å². The molecule has 2 rings (SSSR count). The van der Waals surface area contributed by atoms with Crippen molar-refractivity contribution in [1.29, 1.82) is 0 Å². The van der Waals surface area contributed by atoms with Crippen molar-refractivity contribution in [3.05, 3.63) is 57.8 Å². The molecule has 1 heterocycles. The Morgan fingerprint density at radius 1 is 1.21 bits per heavy atom. The summed E-state index contributed by atoms with van der Waals surface area (Å²) in [7, 11) is 0. The van der Waals surface area contributed by atoms with Gasteiger partial charge in [-0.05, 0) is 24.1 Å². The Bertz CT molecular complexity index is 538. The number of amides is 1. The first kappa shape index (κ1) is 14.1. The van der Waals surface area contributed by atoms with E-state index in [0.29, 0.717) is 6.54 Å². The first-order valence-electron chi connectivity index (χ1n) is 6.25. The van der Waals surface area contributed by atoms with Crippen molar-refractivity contribution in [2.24, 2.45) is 0 Å². The maximum absolute atomic E-state index is 12.0. The van der Waals surface area contributed by atoms with Crippen LogP contribution in [0.5, 0.6) is 0 Å². The molecule has 2 nitrogen and oxygen atoms in total. The molecule has 4 heteroatoms. The average Bonchev–Trinajstić information content (AvgIpc) is 2.93. The largest absolute Gasteiger partial charge is 0.350 e. The Kier molecular flexibility index (Phi) is 5.00. The highest BCUT2D eigenvalue weighted by molar-refractivity contribution is 7.11. The van der Waals surface area contributed by atoms with E-state index >= 15 is 0 Å². The number of hydrogen-bond acceptors (Lipinski definition) is 2. The fourth-order valence-corrected chi connectivity index (χ4v) is 2.86. The van der Waals surface area contributed by atoms with Gasteiger partial charge in [-0.15, -0.1) is 22.9 Å². The number of alkyl halides is 1. The Hall–Kier alpha value is -1.32. The summed E-state index contributed by atoms with van der Waals surface area (Å²) in [6, 6.07) is 13.5. The van der Waals surface area contributed by atoms with Crippen molar-refractivity contribution in [2.45, 2.75) is 25.3 Å². The smallest absolute Gasteiger partial charge is 0.242 e. The monoisotopic (exact) mass is 293 g/mol. The summed E-state index contributed by atoms with van der Waals surface area (Å²) in [6.45, 7) is 2.66. The van der Waals surface area contributed by atoms with Gasteiger partial charge in [0.15, 0.2) is 0 Å². The van der Waals surface area contributed by atoms with Crippen molar-refractivity contribution in [1.82, 2.24) is 5.32 Å². The minimum Gasteiger partial charge on any atom is -0.350 e. The van der Waals surface area contributed by atoms with Gasteiger partial charge in [-0.25, -0.2) is 0 Å². The number of aryl methyl sites for hydroxylation is 1. The number of hydrogen-bond donors (Lipinski definition) is 1. The number of benzene rings is 1. The summed E-state index contributed by atoms with van der Waals surface area (Å²) in [5.74, 6) is -0.153. The van der Waals surface area contributed by atoms with Gasteiger partial charge in [0.2, 0.25) is 5.91 Å². The van der Waals surface area contributed by atoms with Crippen molar-refractivity contribution < 1.29 is 4.79 Å². The lowest BCUT2D eigenvalue weighted by Crippen LogP contribution is -2.26. The van der Waals surface area contributed by atoms with Gasteiger partial charge in [-0.1, -0.05) is 37.3 Å². The highest BCUT2D eigenvalue weighted by Gasteiger charge is 2.16. The van der Waals surface area contributed by atoms with Gasteiger partial charge >= 0.3 is 0 Å². The second kappa shape index (κ2) is 6.73. The molecular weight excluding hydrogens is 278 g/mol. The summed E-state index contributed by atoms with van der Waals surface area (Å²) in [5.41, 5.74) is 0.821. The first-order chi connectivity index (χ1) is 9.20. The highest BCUT2D eigenvalue weighted by atomic mass is 35.5. The predicted octanol–water partition coefficient (Wildman–Crippen LogP) is 3.91. The van der Waals surface area contributed by atoms with Crippen LogP contribution >= 0.6 is 22.9 Å². The zero-order valence-electron chi connectivity index (χ0n) is 10.7. The van der Waals surface area contributed by atoms with E-state index in [1.165, 1.54) is 4.88 Å². The van der Waals surface area contributed by atoms with Crippen molar-refractivity contribution in [2.75, 3.05) is 0 Å². The lowest BCUT2D eigenvalue weighted by atomic mass is 10.1. The molecule has 0 radical (unpaired) electrons. The van der Waals surface area contributed by atoms with Gasteiger partial charge in [0, 0.05) is 9.75 Å². The topological polar surface area (TPSA) is 29.1 Å². The zero-order valence-corrected chi connectivity index (χ0v) is 12.3. The second-order valence-corrected chi connectivity index (χ2v) is 5.90. The van der Waals surface area contributed by atoms with Crippen LogP contribution in [-0.4, -0.2) is 5.91 Å². The molecule has 1 aromatic heterocycles. The zero-order chi connectivity index (χ0) is 13.7. The average molecular weight is 294 g/mol. The lowest BCUT2D eigenvalue weighted by molar-refractivity contribution is -0.121. The van der Waals surface area contributed by atoms with Crippen molar-refractivity contribution in [3.63, 3.8) is 0 Å². The van der Waals surface area contributed by atoms with Gasteiger partial charge < -0.3 is 5.32 Å². The molecule has 0 bridgehead atoms. The van der Waals surface area contributed by atoms with E-state index in [9.17, 15) is 4.79 Å². The molecule has 1 amide bonds. The Morgan fingerprint density at radius 2 is 1.89 bits per heavy atom. The number of nitrogens with one attached hydrogen (secondary N) is 1. The van der Waals surface area contributed by atoms with E-state index in [1.807, 2.05) is 30.3 Å². The molecule has 1 aromatic carbocycles. The summed E-state index contributed by atoms with van der Waals surface area (Å²) >= 11 is 7.87. The van der Waals surface area contributed by atoms with Crippen LogP contribution in [0, 0.1) is 0 Å². The third kappa shape index (κ3) is 3.82. The standard InChI is InChI=1S/C15H16ClNOS/c1-2-12-8-9-13(19-12)10-17-15(18)14(16)11-6-4-3-5-7-11/h3-9,14H,2,10H2,1H3,(H,17,18). The van der Waals surface area contributed by atoms with Gasteiger partial charge in [-0.3, -0.25) is 4.79 Å². The minimum absolute atomic E-state index is 0.153. The van der Waals surface area contributed by atoms with Gasteiger partial charge in [0.25, 0.3) is 0 Å². The van der Waals surface area contributed by atoms with Crippen LogP contribution in [0.4, 0.5) is 0 Å². The van der Waals surface area contributed by atoms with E-state index < -0.39 is 5.38 Å². The minimum atomic E-state index is -0.633. The van der Waals surface area contributed by atoms with Crippen LogP contribution in [-0.2, 0) is 17.8 Å². The molecule has 1 unspecified atom stereocenters. The van der Waals surface area contributed by atoms with Crippen LogP contribution in [0.25, 0.3) is 0 Å². The predicted molar refractivity (Wildman–Crippen MR) is 80.6 cm³/mol. The molecule has 1 atom stereocenters. The van der Waals surface area contributed by atoms with Gasteiger partial charge in [0.1, 0.15) is 5.38 Å². The molecule has 2 aromatic rings. The maximum atomic E-state index is 12.0.